The zero-order valence-corrected chi connectivity index (χ0v) is 9.38. The standard InChI is InChI=1S/C10H11ClN4O/c1-13-10(16)7(6-8(11)12)15-9-4-2-3-5-14-9/h2-6,12H,1H3,(H,13,16)(H,14,15)/b7-6+,12-8?. The second kappa shape index (κ2) is 5.87. The summed E-state index contributed by atoms with van der Waals surface area (Å²) in [6.07, 6.45) is 2.81. The van der Waals surface area contributed by atoms with Crippen LogP contribution >= 0.6 is 11.6 Å². The van der Waals surface area contributed by atoms with Crippen LogP contribution < -0.4 is 10.6 Å². The largest absolute Gasteiger partial charge is 0.354 e. The first-order valence-corrected chi connectivity index (χ1v) is 4.87. The number of allylic oxidation sites excluding steroid dienone is 1. The summed E-state index contributed by atoms with van der Waals surface area (Å²) in [5.74, 6) is 0.145. The molecule has 3 N–H and O–H groups in total. The molecule has 0 saturated carbocycles. The normalized spacial score (nSPS) is 10.8. The fraction of sp³-hybridized carbons (Fsp3) is 0.100. The number of pyridine rings is 1. The molecular formula is C10H11ClN4O. The number of nitrogens with zero attached hydrogens (tertiary/aromatic N) is 1. The smallest absolute Gasteiger partial charge is 0.267 e. The van der Waals surface area contributed by atoms with Gasteiger partial charge in [-0.05, 0) is 12.1 Å². The summed E-state index contributed by atoms with van der Waals surface area (Å²) < 4.78 is 0. The topological polar surface area (TPSA) is 77.9 Å². The van der Waals surface area contributed by atoms with Crippen LogP contribution in [0.4, 0.5) is 5.82 Å². The zero-order chi connectivity index (χ0) is 12.0. The van der Waals surface area contributed by atoms with Crippen molar-refractivity contribution < 1.29 is 4.79 Å². The third-order valence-corrected chi connectivity index (χ3v) is 1.78. The van der Waals surface area contributed by atoms with E-state index in [0.717, 1.165) is 0 Å². The number of hydrogen-bond donors (Lipinski definition) is 3. The van der Waals surface area contributed by atoms with Gasteiger partial charge in [0.2, 0.25) is 0 Å². The fourth-order valence-electron chi connectivity index (χ4n) is 0.994. The van der Waals surface area contributed by atoms with Crippen molar-refractivity contribution in [1.29, 1.82) is 5.41 Å². The molecule has 1 rings (SSSR count). The van der Waals surface area contributed by atoms with E-state index in [1.165, 1.54) is 13.1 Å². The van der Waals surface area contributed by atoms with Crippen molar-refractivity contribution in [2.75, 3.05) is 12.4 Å². The molecule has 1 aromatic heterocycles. The average molecular weight is 239 g/mol. The van der Waals surface area contributed by atoms with Gasteiger partial charge in [-0.1, -0.05) is 17.7 Å². The molecule has 16 heavy (non-hydrogen) atoms. The second-order valence-electron chi connectivity index (χ2n) is 2.83. The van der Waals surface area contributed by atoms with Crippen molar-refractivity contribution in [3.63, 3.8) is 0 Å². The van der Waals surface area contributed by atoms with Gasteiger partial charge in [-0.15, -0.1) is 0 Å². The van der Waals surface area contributed by atoms with Gasteiger partial charge in [-0.25, -0.2) is 4.98 Å². The van der Waals surface area contributed by atoms with E-state index >= 15 is 0 Å². The van der Waals surface area contributed by atoms with E-state index in [1.807, 2.05) is 0 Å². The van der Waals surface area contributed by atoms with Gasteiger partial charge in [0.1, 0.15) is 16.7 Å². The Morgan fingerprint density at radius 2 is 2.31 bits per heavy atom. The fourth-order valence-corrected chi connectivity index (χ4v) is 1.10. The van der Waals surface area contributed by atoms with Crippen LogP contribution in [-0.2, 0) is 4.79 Å². The molecule has 0 saturated heterocycles. The van der Waals surface area contributed by atoms with Gasteiger partial charge in [0.05, 0.1) is 0 Å². The lowest BCUT2D eigenvalue weighted by atomic mass is 10.3. The quantitative estimate of drug-likeness (QED) is 0.547. The Morgan fingerprint density at radius 1 is 1.56 bits per heavy atom. The first-order chi connectivity index (χ1) is 7.63. The van der Waals surface area contributed by atoms with Crippen LogP contribution in [0.25, 0.3) is 0 Å². The van der Waals surface area contributed by atoms with Gasteiger partial charge in [0.25, 0.3) is 5.91 Å². The van der Waals surface area contributed by atoms with Crippen molar-refractivity contribution in [1.82, 2.24) is 10.3 Å². The van der Waals surface area contributed by atoms with Gasteiger partial charge >= 0.3 is 0 Å². The highest BCUT2D eigenvalue weighted by Gasteiger charge is 2.08. The molecule has 0 aromatic carbocycles. The summed E-state index contributed by atoms with van der Waals surface area (Å²) in [5.41, 5.74) is 0.168. The Bertz CT molecular complexity index is 416. The van der Waals surface area contributed by atoms with Crippen molar-refractivity contribution in [2.24, 2.45) is 0 Å². The molecule has 84 valence electrons. The van der Waals surface area contributed by atoms with Crippen LogP contribution in [-0.4, -0.2) is 23.1 Å². The SMILES string of the molecule is CNC(=O)/C(=C\C(=N)Cl)Nc1ccccn1. The highest BCUT2D eigenvalue weighted by Crippen LogP contribution is 2.06. The molecule has 0 fully saturated rings. The van der Waals surface area contributed by atoms with Gasteiger partial charge in [0.15, 0.2) is 0 Å². The first kappa shape index (κ1) is 12.2. The third-order valence-electron chi connectivity index (χ3n) is 1.67. The monoisotopic (exact) mass is 238 g/mol. The maximum atomic E-state index is 11.4. The Morgan fingerprint density at radius 3 is 2.81 bits per heavy atom. The van der Waals surface area contributed by atoms with E-state index in [4.69, 9.17) is 17.0 Å². The Hall–Kier alpha value is -1.88. The molecule has 0 spiro atoms. The molecule has 0 bridgehead atoms. The number of carbonyl (C=O) groups excluding carboxylic acids is 1. The van der Waals surface area contributed by atoms with Crippen LogP contribution in [0.5, 0.6) is 0 Å². The predicted molar refractivity (Wildman–Crippen MR) is 63.6 cm³/mol. The van der Waals surface area contributed by atoms with Gasteiger partial charge in [-0.2, -0.15) is 0 Å². The maximum absolute atomic E-state index is 11.4. The summed E-state index contributed by atoms with van der Waals surface area (Å²) in [7, 11) is 1.49. The summed E-state index contributed by atoms with van der Waals surface area (Å²) in [6.45, 7) is 0. The molecule has 5 nitrogen and oxygen atoms in total. The minimum atomic E-state index is -0.365. The van der Waals surface area contributed by atoms with Gasteiger partial charge < -0.3 is 10.6 Å². The molecule has 1 aromatic rings. The van der Waals surface area contributed by atoms with Gasteiger partial charge in [-0.3, -0.25) is 10.2 Å². The first-order valence-electron chi connectivity index (χ1n) is 4.49. The molecule has 0 atom stereocenters. The van der Waals surface area contributed by atoms with Gasteiger partial charge in [0, 0.05) is 19.3 Å². The number of halogens is 1. The van der Waals surface area contributed by atoms with Crippen LogP contribution in [0.2, 0.25) is 0 Å². The Labute approximate surface area is 98.0 Å². The van der Waals surface area contributed by atoms with Crippen molar-refractivity contribution in [2.45, 2.75) is 0 Å². The summed E-state index contributed by atoms with van der Waals surface area (Å²) in [5, 5.41) is 12.1. The molecule has 0 unspecified atom stereocenters. The lowest BCUT2D eigenvalue weighted by molar-refractivity contribution is -0.116. The van der Waals surface area contributed by atoms with Crippen molar-refractivity contribution in [3.8, 4) is 0 Å². The number of likely N-dealkylation sites (N-methyl/N-ethyl adjacent to an activating group) is 1. The molecule has 1 amide bonds. The minimum Gasteiger partial charge on any atom is -0.354 e. The molecule has 0 radical (unpaired) electrons. The van der Waals surface area contributed by atoms with E-state index in [2.05, 4.69) is 15.6 Å². The number of amides is 1. The van der Waals surface area contributed by atoms with E-state index < -0.39 is 0 Å². The third kappa shape index (κ3) is 3.70. The number of carbonyl (C=O) groups is 1. The molecular weight excluding hydrogens is 228 g/mol. The zero-order valence-electron chi connectivity index (χ0n) is 8.62. The minimum absolute atomic E-state index is 0.168. The van der Waals surface area contributed by atoms with Crippen molar-refractivity contribution >= 4 is 28.5 Å². The lowest BCUT2D eigenvalue weighted by Gasteiger charge is -2.08. The number of aromatic nitrogens is 1. The highest BCUT2D eigenvalue weighted by molar-refractivity contribution is 6.67. The summed E-state index contributed by atoms with van der Waals surface area (Å²) in [6, 6.07) is 5.25. The van der Waals surface area contributed by atoms with E-state index in [0.29, 0.717) is 5.82 Å². The van der Waals surface area contributed by atoms with Crippen LogP contribution in [0.1, 0.15) is 0 Å². The van der Waals surface area contributed by atoms with E-state index in [9.17, 15) is 4.79 Å². The molecule has 0 aliphatic heterocycles. The average Bonchev–Trinajstić information content (AvgIpc) is 2.28. The van der Waals surface area contributed by atoms with E-state index in [-0.39, 0.29) is 16.8 Å². The van der Waals surface area contributed by atoms with Crippen LogP contribution in [0.3, 0.4) is 0 Å². The molecule has 1 heterocycles. The van der Waals surface area contributed by atoms with E-state index in [1.54, 1.807) is 24.4 Å². The number of anilines is 1. The molecule has 0 aliphatic carbocycles. The Balaban J connectivity index is 2.88. The summed E-state index contributed by atoms with van der Waals surface area (Å²) >= 11 is 5.41. The molecule has 6 heteroatoms. The predicted octanol–water partition coefficient (Wildman–Crippen LogP) is 1.34. The number of hydrogen-bond acceptors (Lipinski definition) is 4. The number of rotatable bonds is 4. The molecule has 0 aliphatic rings. The highest BCUT2D eigenvalue weighted by atomic mass is 35.5. The second-order valence-corrected chi connectivity index (χ2v) is 3.23. The van der Waals surface area contributed by atoms with Crippen LogP contribution in [0, 0.1) is 5.41 Å². The lowest BCUT2D eigenvalue weighted by Crippen LogP contribution is -2.25. The maximum Gasteiger partial charge on any atom is 0.267 e. The Kier molecular flexibility index (Phi) is 4.47. The summed E-state index contributed by atoms with van der Waals surface area (Å²) in [4.78, 5) is 15.4. The van der Waals surface area contributed by atoms with Crippen LogP contribution in [0.15, 0.2) is 36.2 Å². The number of nitrogens with one attached hydrogen (secondary N) is 3. The van der Waals surface area contributed by atoms with Crippen molar-refractivity contribution in [3.05, 3.63) is 36.2 Å².